The molecule has 1 aliphatic heterocycles. The van der Waals surface area contributed by atoms with Gasteiger partial charge in [0, 0.05) is 19.1 Å². The van der Waals surface area contributed by atoms with Gasteiger partial charge in [0.05, 0.1) is 13.2 Å². The van der Waals surface area contributed by atoms with E-state index in [-0.39, 0.29) is 0 Å². The molecule has 1 rings (SSSR count). The van der Waals surface area contributed by atoms with Crippen LogP contribution in [0, 0.1) is 5.92 Å². The van der Waals surface area contributed by atoms with Crippen molar-refractivity contribution < 1.29 is 4.74 Å². The summed E-state index contributed by atoms with van der Waals surface area (Å²) in [5, 5.41) is 0. The van der Waals surface area contributed by atoms with E-state index in [2.05, 4.69) is 25.7 Å². The van der Waals surface area contributed by atoms with Crippen LogP contribution in [0.5, 0.6) is 0 Å². The first kappa shape index (κ1) is 9.01. The van der Waals surface area contributed by atoms with Crippen LogP contribution >= 0.6 is 0 Å². The topological polar surface area (TPSA) is 12.5 Å². The van der Waals surface area contributed by atoms with Crippen LogP contribution in [0.4, 0.5) is 0 Å². The molecule has 1 fully saturated rings. The highest BCUT2D eigenvalue weighted by Gasteiger charge is 2.18. The largest absolute Gasteiger partial charge is 0.379 e. The van der Waals surface area contributed by atoms with Crippen LogP contribution in [-0.4, -0.2) is 37.2 Å². The maximum Gasteiger partial charge on any atom is 0.0619 e. The lowest BCUT2D eigenvalue weighted by Crippen LogP contribution is -2.45. The molecule has 1 saturated heterocycles. The summed E-state index contributed by atoms with van der Waals surface area (Å²) in [6.45, 7) is 10.9. The highest BCUT2D eigenvalue weighted by atomic mass is 16.5. The van der Waals surface area contributed by atoms with Gasteiger partial charge in [-0.05, 0) is 12.8 Å². The van der Waals surface area contributed by atoms with Crippen LogP contribution in [0.25, 0.3) is 0 Å². The molecule has 1 atom stereocenters. The minimum Gasteiger partial charge on any atom is -0.379 e. The highest BCUT2D eigenvalue weighted by Crippen LogP contribution is 2.08. The molecule has 1 aliphatic rings. The molecule has 0 aromatic carbocycles. The smallest absolute Gasteiger partial charge is 0.0619 e. The molecule has 1 unspecified atom stereocenters. The fourth-order valence-electron chi connectivity index (χ4n) is 1.50. The molecule has 0 N–H and O–H groups in total. The average Bonchev–Trinajstić information content (AvgIpc) is 1.93. The van der Waals surface area contributed by atoms with Crippen molar-refractivity contribution in [3.05, 3.63) is 0 Å². The van der Waals surface area contributed by atoms with E-state index in [1.54, 1.807) is 0 Å². The van der Waals surface area contributed by atoms with Gasteiger partial charge in [0.2, 0.25) is 0 Å². The molecule has 0 amide bonds. The highest BCUT2D eigenvalue weighted by molar-refractivity contribution is 4.71. The van der Waals surface area contributed by atoms with Crippen molar-refractivity contribution in [2.45, 2.75) is 26.8 Å². The van der Waals surface area contributed by atoms with Crippen LogP contribution in [-0.2, 0) is 4.74 Å². The summed E-state index contributed by atoms with van der Waals surface area (Å²) in [4.78, 5) is 2.51. The van der Waals surface area contributed by atoms with Crippen LogP contribution in [0.1, 0.15) is 20.8 Å². The van der Waals surface area contributed by atoms with Gasteiger partial charge in [0.1, 0.15) is 0 Å². The van der Waals surface area contributed by atoms with Gasteiger partial charge in [-0.15, -0.1) is 0 Å². The van der Waals surface area contributed by atoms with E-state index in [4.69, 9.17) is 4.74 Å². The van der Waals surface area contributed by atoms with Gasteiger partial charge >= 0.3 is 0 Å². The number of hydrogen-bond donors (Lipinski definition) is 0. The predicted molar refractivity (Wildman–Crippen MR) is 46.7 cm³/mol. The van der Waals surface area contributed by atoms with Crippen molar-refractivity contribution in [2.75, 3.05) is 26.3 Å². The maximum atomic E-state index is 5.35. The number of hydrogen-bond acceptors (Lipinski definition) is 2. The first-order chi connectivity index (χ1) is 5.20. The molecule has 0 radical (unpaired) electrons. The zero-order valence-corrected chi connectivity index (χ0v) is 7.84. The van der Waals surface area contributed by atoms with Gasteiger partial charge < -0.3 is 4.74 Å². The van der Waals surface area contributed by atoms with E-state index in [1.165, 1.54) is 6.54 Å². The molecule has 0 aliphatic carbocycles. The monoisotopic (exact) mass is 157 g/mol. The Balaban J connectivity index is 2.29. The summed E-state index contributed by atoms with van der Waals surface area (Å²) in [6, 6.07) is 0.617. The van der Waals surface area contributed by atoms with Crippen molar-refractivity contribution in [1.29, 1.82) is 0 Å². The van der Waals surface area contributed by atoms with Crippen molar-refractivity contribution in [3.63, 3.8) is 0 Å². The summed E-state index contributed by atoms with van der Waals surface area (Å²) >= 11 is 0. The molecule has 1 heterocycles. The van der Waals surface area contributed by atoms with E-state index >= 15 is 0 Å². The molecule has 0 aromatic heterocycles. The van der Waals surface area contributed by atoms with Crippen molar-refractivity contribution in [1.82, 2.24) is 4.90 Å². The molecule has 2 nitrogen and oxygen atoms in total. The number of morpholine rings is 1. The third-order valence-electron chi connectivity index (χ3n) is 2.10. The van der Waals surface area contributed by atoms with Crippen LogP contribution in [0.2, 0.25) is 0 Å². The van der Waals surface area contributed by atoms with Crippen molar-refractivity contribution in [2.24, 2.45) is 5.92 Å². The van der Waals surface area contributed by atoms with Crippen LogP contribution in [0.15, 0.2) is 0 Å². The lowest BCUT2D eigenvalue weighted by Gasteiger charge is -2.34. The third-order valence-corrected chi connectivity index (χ3v) is 2.10. The van der Waals surface area contributed by atoms with E-state index < -0.39 is 0 Å². The summed E-state index contributed by atoms with van der Waals surface area (Å²) in [6.07, 6.45) is 0. The van der Waals surface area contributed by atoms with E-state index in [9.17, 15) is 0 Å². The average molecular weight is 157 g/mol. The Bertz CT molecular complexity index is 114. The molecular weight excluding hydrogens is 138 g/mol. The van der Waals surface area contributed by atoms with Gasteiger partial charge in [-0.1, -0.05) is 13.8 Å². The second-order valence-electron chi connectivity index (χ2n) is 3.81. The van der Waals surface area contributed by atoms with Gasteiger partial charge in [0.15, 0.2) is 0 Å². The summed E-state index contributed by atoms with van der Waals surface area (Å²) < 4.78 is 5.35. The van der Waals surface area contributed by atoms with Crippen molar-refractivity contribution in [3.8, 4) is 0 Å². The van der Waals surface area contributed by atoms with Crippen molar-refractivity contribution >= 4 is 0 Å². The van der Waals surface area contributed by atoms with E-state index in [0.717, 1.165) is 25.7 Å². The first-order valence-electron chi connectivity index (χ1n) is 4.52. The zero-order valence-electron chi connectivity index (χ0n) is 7.84. The molecule has 0 bridgehead atoms. The Morgan fingerprint density at radius 2 is 2.27 bits per heavy atom. The normalized spacial score (nSPS) is 27.8. The minimum atomic E-state index is 0.617. The summed E-state index contributed by atoms with van der Waals surface area (Å²) in [7, 11) is 0. The zero-order chi connectivity index (χ0) is 8.27. The fraction of sp³-hybridized carbons (Fsp3) is 1.00. The molecule has 2 heteroatoms. The summed E-state index contributed by atoms with van der Waals surface area (Å²) in [5.74, 6) is 0.774. The Kier molecular flexibility index (Phi) is 3.34. The Morgan fingerprint density at radius 3 is 2.82 bits per heavy atom. The Morgan fingerprint density at radius 1 is 1.55 bits per heavy atom. The molecule has 0 saturated carbocycles. The van der Waals surface area contributed by atoms with E-state index in [1.807, 2.05) is 0 Å². The molecule has 0 spiro atoms. The van der Waals surface area contributed by atoms with Gasteiger partial charge in [-0.25, -0.2) is 0 Å². The molecule has 11 heavy (non-hydrogen) atoms. The summed E-state index contributed by atoms with van der Waals surface area (Å²) in [5.41, 5.74) is 0. The van der Waals surface area contributed by atoms with Crippen LogP contribution in [0.3, 0.4) is 0 Å². The molecule has 0 aromatic rings. The Labute approximate surface area is 69.5 Å². The first-order valence-corrected chi connectivity index (χ1v) is 4.52. The molecular formula is C9H19NO. The van der Waals surface area contributed by atoms with Gasteiger partial charge in [-0.3, -0.25) is 4.90 Å². The minimum absolute atomic E-state index is 0.617. The lowest BCUT2D eigenvalue weighted by atomic mass is 10.1. The standard InChI is InChI=1S/C9H19NO/c1-8(2)6-10-4-5-11-7-9(10)3/h8-9H,4-7H2,1-3H3. The van der Waals surface area contributed by atoms with Gasteiger partial charge in [-0.2, -0.15) is 0 Å². The molecule has 66 valence electrons. The lowest BCUT2D eigenvalue weighted by molar-refractivity contribution is -0.00517. The SMILES string of the molecule is CC(C)CN1CCOCC1C. The second kappa shape index (κ2) is 4.07. The Hall–Kier alpha value is -0.0800. The fourth-order valence-corrected chi connectivity index (χ4v) is 1.50. The maximum absolute atomic E-state index is 5.35. The quantitative estimate of drug-likeness (QED) is 0.600. The number of rotatable bonds is 2. The predicted octanol–water partition coefficient (Wildman–Crippen LogP) is 1.36. The second-order valence-corrected chi connectivity index (χ2v) is 3.81. The van der Waals surface area contributed by atoms with Gasteiger partial charge in [0.25, 0.3) is 0 Å². The van der Waals surface area contributed by atoms with Crippen LogP contribution < -0.4 is 0 Å². The van der Waals surface area contributed by atoms with E-state index in [0.29, 0.717) is 6.04 Å². The number of nitrogens with zero attached hydrogens (tertiary/aromatic N) is 1. The third kappa shape index (κ3) is 2.80. The number of ether oxygens (including phenoxy) is 1.